The molecule has 0 bridgehead atoms. The molecule has 0 fully saturated rings. The Kier molecular flexibility index (Phi) is 4.81. The van der Waals surface area contributed by atoms with E-state index in [9.17, 15) is 8.42 Å². The summed E-state index contributed by atoms with van der Waals surface area (Å²) in [4.78, 5) is 3.94. The molecule has 1 unspecified atom stereocenters. The van der Waals surface area contributed by atoms with Crippen LogP contribution in [0.25, 0.3) is 0 Å². The van der Waals surface area contributed by atoms with Crippen molar-refractivity contribution in [2.24, 2.45) is 0 Å². The minimum Gasteiger partial charge on any atom is -0.310 e. The topological polar surface area (TPSA) is 96.9 Å². The Hall–Kier alpha value is -2.06. The van der Waals surface area contributed by atoms with Gasteiger partial charge in [0.05, 0.1) is 17.3 Å². The van der Waals surface area contributed by atoms with Gasteiger partial charge in [0.25, 0.3) is 16.0 Å². The maximum Gasteiger partial charge on any atom is 0.264 e. The van der Waals surface area contributed by atoms with E-state index in [1.807, 2.05) is 13.8 Å². The van der Waals surface area contributed by atoms with Crippen LogP contribution in [0.3, 0.4) is 0 Å². The van der Waals surface area contributed by atoms with Crippen LogP contribution < -0.4 is 10.0 Å². The lowest BCUT2D eigenvalue weighted by Crippen LogP contribution is -2.18. The quantitative estimate of drug-likeness (QED) is 0.836. The van der Waals surface area contributed by atoms with Gasteiger partial charge in [-0.05, 0) is 31.2 Å². The fourth-order valence-electron chi connectivity index (χ4n) is 1.83. The largest absolute Gasteiger partial charge is 0.310 e. The van der Waals surface area contributed by atoms with Crippen molar-refractivity contribution in [2.75, 3.05) is 11.3 Å². The molecule has 0 saturated heterocycles. The predicted molar refractivity (Wildman–Crippen MR) is 79.2 cm³/mol. The maximum absolute atomic E-state index is 12.2. The Labute approximate surface area is 123 Å². The Morgan fingerprint density at radius 2 is 1.90 bits per heavy atom. The molecular formula is C13H17N5O2S. The lowest BCUT2D eigenvalue weighted by molar-refractivity contribution is 0.594. The number of sulfonamides is 1. The zero-order valence-corrected chi connectivity index (χ0v) is 12.6. The van der Waals surface area contributed by atoms with E-state index in [2.05, 4.69) is 25.2 Å². The molecule has 0 aliphatic heterocycles. The monoisotopic (exact) mass is 307 g/mol. The second-order valence-electron chi connectivity index (χ2n) is 4.42. The van der Waals surface area contributed by atoms with Crippen LogP contribution in [0.5, 0.6) is 0 Å². The summed E-state index contributed by atoms with van der Waals surface area (Å²) in [5, 5.41) is 10.4. The molecule has 0 spiro atoms. The summed E-state index contributed by atoms with van der Waals surface area (Å²) in [5.41, 5.74) is 1.02. The third-order valence-corrected chi connectivity index (χ3v) is 4.25. The molecule has 0 amide bonds. The molecule has 21 heavy (non-hydrogen) atoms. The molecule has 2 aromatic rings. The molecule has 1 atom stereocenters. The van der Waals surface area contributed by atoms with E-state index >= 15 is 0 Å². The van der Waals surface area contributed by atoms with Gasteiger partial charge in [-0.15, -0.1) is 5.10 Å². The summed E-state index contributed by atoms with van der Waals surface area (Å²) in [5.74, 6) is -0.0532. The van der Waals surface area contributed by atoms with Crippen LogP contribution in [0, 0.1) is 0 Å². The molecule has 0 aliphatic rings. The molecule has 7 nitrogen and oxygen atoms in total. The molecule has 0 saturated carbocycles. The van der Waals surface area contributed by atoms with Crippen molar-refractivity contribution in [3.8, 4) is 0 Å². The van der Waals surface area contributed by atoms with Gasteiger partial charge in [-0.2, -0.15) is 5.10 Å². The Balaban J connectivity index is 2.17. The van der Waals surface area contributed by atoms with Crippen molar-refractivity contribution < 1.29 is 8.42 Å². The first-order chi connectivity index (χ1) is 10.0. The van der Waals surface area contributed by atoms with Gasteiger partial charge in [0.15, 0.2) is 0 Å². The van der Waals surface area contributed by atoms with E-state index in [1.54, 1.807) is 24.3 Å². The molecule has 0 aliphatic carbocycles. The van der Waals surface area contributed by atoms with Gasteiger partial charge in [-0.3, -0.25) is 0 Å². The second-order valence-corrected chi connectivity index (χ2v) is 6.10. The summed E-state index contributed by atoms with van der Waals surface area (Å²) in [6.45, 7) is 4.89. The Morgan fingerprint density at radius 1 is 1.19 bits per heavy atom. The molecule has 1 aromatic carbocycles. The summed E-state index contributed by atoms with van der Waals surface area (Å²) >= 11 is 0. The van der Waals surface area contributed by atoms with Gasteiger partial charge in [-0.25, -0.2) is 18.1 Å². The highest BCUT2D eigenvalue weighted by atomic mass is 32.2. The fraction of sp³-hybridized carbons (Fsp3) is 0.308. The summed E-state index contributed by atoms with van der Waals surface area (Å²) in [6, 6.07) is 6.85. The van der Waals surface area contributed by atoms with E-state index < -0.39 is 10.0 Å². The molecule has 1 aromatic heterocycles. The van der Waals surface area contributed by atoms with Gasteiger partial charge in [0, 0.05) is 6.04 Å². The minimum atomic E-state index is -3.70. The number of benzene rings is 1. The van der Waals surface area contributed by atoms with Crippen molar-refractivity contribution in [2.45, 2.75) is 24.8 Å². The number of nitrogens with zero attached hydrogens (tertiary/aromatic N) is 3. The predicted octanol–water partition coefficient (Wildman–Crippen LogP) is 1.34. The van der Waals surface area contributed by atoms with Crippen LogP contribution in [0.4, 0.5) is 5.95 Å². The molecule has 1 heterocycles. The third kappa shape index (κ3) is 3.96. The first-order valence-electron chi connectivity index (χ1n) is 6.53. The van der Waals surface area contributed by atoms with Gasteiger partial charge in [0.1, 0.15) is 0 Å². The Morgan fingerprint density at radius 3 is 2.48 bits per heavy atom. The smallest absolute Gasteiger partial charge is 0.264 e. The van der Waals surface area contributed by atoms with E-state index in [1.165, 1.54) is 12.4 Å². The van der Waals surface area contributed by atoms with Gasteiger partial charge >= 0.3 is 0 Å². The number of nitrogens with one attached hydrogen (secondary N) is 2. The van der Waals surface area contributed by atoms with Crippen LogP contribution in [0.2, 0.25) is 0 Å². The zero-order chi connectivity index (χ0) is 15.3. The highest BCUT2D eigenvalue weighted by Crippen LogP contribution is 2.17. The minimum absolute atomic E-state index is 0.0532. The molecule has 2 N–H and O–H groups in total. The highest BCUT2D eigenvalue weighted by Gasteiger charge is 2.16. The van der Waals surface area contributed by atoms with Crippen molar-refractivity contribution in [3.63, 3.8) is 0 Å². The molecule has 112 valence electrons. The highest BCUT2D eigenvalue weighted by molar-refractivity contribution is 7.92. The number of hydrogen-bond acceptors (Lipinski definition) is 6. The number of anilines is 1. The zero-order valence-electron chi connectivity index (χ0n) is 11.8. The van der Waals surface area contributed by atoms with Crippen LogP contribution in [-0.4, -0.2) is 30.1 Å². The standard InChI is InChI=1S/C13H17N5O2S/c1-3-14-10(2)11-4-6-12(7-5-11)21(19,20)18-13-15-8-9-16-17-13/h4-10,14H,3H2,1-2H3,(H,15,17,18). The van der Waals surface area contributed by atoms with Crippen LogP contribution in [0.15, 0.2) is 41.6 Å². The number of rotatable bonds is 6. The van der Waals surface area contributed by atoms with Crippen molar-refractivity contribution in [3.05, 3.63) is 42.2 Å². The van der Waals surface area contributed by atoms with E-state index in [4.69, 9.17) is 0 Å². The van der Waals surface area contributed by atoms with E-state index in [0.29, 0.717) is 0 Å². The van der Waals surface area contributed by atoms with Gasteiger partial charge < -0.3 is 5.32 Å². The normalized spacial score (nSPS) is 12.9. The number of hydrogen-bond donors (Lipinski definition) is 2. The lowest BCUT2D eigenvalue weighted by Gasteiger charge is -2.13. The molecule has 2 rings (SSSR count). The second kappa shape index (κ2) is 6.59. The van der Waals surface area contributed by atoms with E-state index in [-0.39, 0.29) is 16.9 Å². The van der Waals surface area contributed by atoms with Crippen LogP contribution >= 0.6 is 0 Å². The first kappa shape index (κ1) is 15.3. The van der Waals surface area contributed by atoms with Gasteiger partial charge in [0.2, 0.25) is 0 Å². The third-order valence-electron chi connectivity index (χ3n) is 2.91. The van der Waals surface area contributed by atoms with E-state index in [0.717, 1.165) is 12.1 Å². The van der Waals surface area contributed by atoms with Gasteiger partial charge in [-0.1, -0.05) is 19.1 Å². The molecule has 0 radical (unpaired) electrons. The SMILES string of the molecule is CCNC(C)c1ccc(S(=O)(=O)Nc2nccnn2)cc1. The van der Waals surface area contributed by atoms with Crippen LogP contribution in [0.1, 0.15) is 25.5 Å². The summed E-state index contributed by atoms with van der Waals surface area (Å²) in [7, 11) is -3.70. The summed E-state index contributed by atoms with van der Waals surface area (Å²) < 4.78 is 26.6. The van der Waals surface area contributed by atoms with Crippen LogP contribution in [-0.2, 0) is 10.0 Å². The average molecular weight is 307 g/mol. The first-order valence-corrected chi connectivity index (χ1v) is 8.01. The fourth-order valence-corrected chi connectivity index (χ4v) is 2.78. The van der Waals surface area contributed by atoms with Crippen molar-refractivity contribution in [1.29, 1.82) is 0 Å². The lowest BCUT2D eigenvalue weighted by atomic mass is 10.1. The molecule has 8 heteroatoms. The van der Waals surface area contributed by atoms with Crippen molar-refractivity contribution >= 4 is 16.0 Å². The summed E-state index contributed by atoms with van der Waals surface area (Å²) in [6.07, 6.45) is 2.74. The average Bonchev–Trinajstić information content (AvgIpc) is 2.48. The Bertz CT molecular complexity index is 673. The number of aromatic nitrogens is 3. The maximum atomic E-state index is 12.2. The molecular weight excluding hydrogens is 290 g/mol. The van der Waals surface area contributed by atoms with Crippen molar-refractivity contribution in [1.82, 2.24) is 20.5 Å².